The van der Waals surface area contributed by atoms with Crippen LogP contribution in [0.2, 0.25) is 0 Å². The number of amides is 2. The molecular weight excluding hydrogens is 563 g/mol. The molecule has 0 aliphatic heterocycles. The molecule has 4 aromatic rings. The summed E-state index contributed by atoms with van der Waals surface area (Å²) in [4.78, 5) is 41.7. The second-order valence-electron chi connectivity index (χ2n) is 11.0. The van der Waals surface area contributed by atoms with Gasteiger partial charge < -0.3 is 16.2 Å². The van der Waals surface area contributed by atoms with E-state index in [0.717, 1.165) is 42.8 Å². The first kappa shape index (κ1) is 28.1. The molecule has 0 unspecified atom stereocenters. The third-order valence-electron chi connectivity index (χ3n) is 8.11. The van der Waals surface area contributed by atoms with Crippen molar-refractivity contribution in [2.45, 2.75) is 44.2 Å². The lowest BCUT2D eigenvalue weighted by atomic mass is 9.64. The SMILES string of the molecule is NC(=O)c1cc(-c2cccnc2[C@H](Cc2cc(F)cc(F)c2)NC(=O)Cn2nc(C(=O)O)c3c2C2CC(C3)C2)ccc1F. The van der Waals surface area contributed by atoms with E-state index in [2.05, 4.69) is 15.4 Å². The van der Waals surface area contributed by atoms with Crippen LogP contribution in [0.25, 0.3) is 11.1 Å². The molecule has 2 heterocycles. The molecular formula is C31H26F3N5O4. The maximum atomic E-state index is 14.2. The summed E-state index contributed by atoms with van der Waals surface area (Å²) in [7, 11) is 0. The Labute approximate surface area is 243 Å². The molecule has 2 aromatic heterocycles. The van der Waals surface area contributed by atoms with E-state index in [-0.39, 0.29) is 41.4 Å². The van der Waals surface area contributed by atoms with Crippen LogP contribution in [0, 0.1) is 23.4 Å². The van der Waals surface area contributed by atoms with Crippen LogP contribution >= 0.6 is 0 Å². The van der Waals surface area contributed by atoms with Crippen LogP contribution in [0.3, 0.4) is 0 Å². The molecule has 220 valence electrons. The molecule has 1 atom stereocenters. The van der Waals surface area contributed by atoms with Crippen molar-refractivity contribution in [3.63, 3.8) is 0 Å². The van der Waals surface area contributed by atoms with Gasteiger partial charge in [0.25, 0.3) is 5.91 Å². The summed E-state index contributed by atoms with van der Waals surface area (Å²) in [5.41, 5.74) is 7.70. The zero-order valence-corrected chi connectivity index (χ0v) is 22.7. The van der Waals surface area contributed by atoms with Crippen molar-refractivity contribution in [3.8, 4) is 11.1 Å². The summed E-state index contributed by atoms with van der Waals surface area (Å²) in [5.74, 6) is -4.50. The molecule has 12 heteroatoms. The number of carboxylic acids is 1. The Morgan fingerprint density at radius 1 is 1.07 bits per heavy atom. The number of halogens is 3. The van der Waals surface area contributed by atoms with Gasteiger partial charge in [-0.15, -0.1) is 0 Å². The van der Waals surface area contributed by atoms with E-state index in [4.69, 9.17) is 5.73 Å². The van der Waals surface area contributed by atoms with Gasteiger partial charge in [0.2, 0.25) is 5.91 Å². The number of nitrogens with zero attached hydrogens (tertiary/aromatic N) is 3. The van der Waals surface area contributed by atoms with Gasteiger partial charge in [-0.1, -0.05) is 12.1 Å². The molecule has 9 nitrogen and oxygen atoms in total. The van der Waals surface area contributed by atoms with E-state index in [0.29, 0.717) is 29.0 Å². The third-order valence-corrected chi connectivity index (χ3v) is 8.11. The van der Waals surface area contributed by atoms with E-state index >= 15 is 0 Å². The molecule has 0 radical (unpaired) electrons. The van der Waals surface area contributed by atoms with Gasteiger partial charge in [0.1, 0.15) is 24.0 Å². The summed E-state index contributed by atoms with van der Waals surface area (Å²) in [6.45, 7) is -0.282. The monoisotopic (exact) mass is 589 g/mol. The summed E-state index contributed by atoms with van der Waals surface area (Å²) in [6, 6.07) is 9.14. The number of hydrogen-bond acceptors (Lipinski definition) is 5. The van der Waals surface area contributed by atoms with Gasteiger partial charge in [0.15, 0.2) is 5.69 Å². The lowest BCUT2D eigenvalue weighted by Gasteiger charge is -2.41. The fraction of sp³-hybridized carbons (Fsp3) is 0.258. The quantitative estimate of drug-likeness (QED) is 0.266. The summed E-state index contributed by atoms with van der Waals surface area (Å²) in [5, 5.41) is 16.8. The molecule has 4 N–H and O–H groups in total. The molecule has 3 aliphatic rings. The normalized spacial score (nSPS) is 17.5. The first-order valence-electron chi connectivity index (χ1n) is 13.7. The summed E-state index contributed by atoms with van der Waals surface area (Å²) >= 11 is 0. The average Bonchev–Trinajstić information content (AvgIpc) is 3.31. The lowest BCUT2D eigenvalue weighted by Crippen LogP contribution is -2.36. The second kappa shape index (κ2) is 11.0. The molecule has 0 saturated heterocycles. The van der Waals surface area contributed by atoms with Gasteiger partial charge in [-0.05, 0) is 73.1 Å². The van der Waals surface area contributed by atoms with E-state index in [1.165, 1.54) is 23.0 Å². The molecule has 2 amide bonds. The minimum atomic E-state index is -1.16. The minimum absolute atomic E-state index is 0.0578. The van der Waals surface area contributed by atoms with Gasteiger partial charge in [0.05, 0.1) is 17.3 Å². The highest BCUT2D eigenvalue weighted by molar-refractivity contribution is 5.94. The second-order valence-corrected chi connectivity index (χ2v) is 11.0. The van der Waals surface area contributed by atoms with Crippen molar-refractivity contribution in [1.82, 2.24) is 20.1 Å². The van der Waals surface area contributed by atoms with Crippen LogP contribution in [-0.2, 0) is 24.2 Å². The predicted molar refractivity (Wildman–Crippen MR) is 147 cm³/mol. The van der Waals surface area contributed by atoms with E-state index in [1.807, 2.05) is 0 Å². The van der Waals surface area contributed by atoms with Crippen LogP contribution in [0.4, 0.5) is 13.2 Å². The van der Waals surface area contributed by atoms with Crippen molar-refractivity contribution < 1.29 is 32.7 Å². The Balaban J connectivity index is 1.36. The standard InChI is InChI=1S/C31H26F3N5O4/c32-19-8-16(9-20(33)13-19)11-25(27-21(2-1-5-36-27)17-3-4-24(34)22(12-17)30(35)41)37-26(40)14-39-29-18-6-15(7-18)10-23(29)28(38-39)31(42)43/h1-5,8-9,12-13,15,18,25H,6-7,10-11,14H2,(H2,35,41)(H,37,40)(H,42,43)/t15?,18?,25-/m0/s1. The van der Waals surface area contributed by atoms with Crippen LogP contribution in [0.1, 0.15) is 68.2 Å². The number of carboxylic acid groups (broad SMARTS) is 1. The zero-order chi connectivity index (χ0) is 30.4. The molecule has 3 aliphatic carbocycles. The van der Waals surface area contributed by atoms with Gasteiger partial charge in [-0.3, -0.25) is 19.3 Å². The Morgan fingerprint density at radius 2 is 1.81 bits per heavy atom. The zero-order valence-electron chi connectivity index (χ0n) is 22.7. The molecule has 2 bridgehead atoms. The molecule has 1 fully saturated rings. The highest BCUT2D eigenvalue weighted by atomic mass is 19.1. The van der Waals surface area contributed by atoms with Crippen molar-refractivity contribution in [3.05, 3.63) is 106 Å². The molecule has 0 spiro atoms. The number of hydrogen-bond donors (Lipinski definition) is 3. The maximum absolute atomic E-state index is 14.2. The first-order chi connectivity index (χ1) is 20.6. The highest BCUT2D eigenvalue weighted by Crippen LogP contribution is 2.50. The minimum Gasteiger partial charge on any atom is -0.476 e. The van der Waals surface area contributed by atoms with Gasteiger partial charge in [-0.25, -0.2) is 18.0 Å². The molecule has 7 rings (SSSR count). The number of nitrogens with two attached hydrogens (primary N) is 1. The van der Waals surface area contributed by atoms with E-state index < -0.39 is 41.3 Å². The highest BCUT2D eigenvalue weighted by Gasteiger charge is 2.43. The van der Waals surface area contributed by atoms with E-state index in [9.17, 15) is 32.7 Å². The Morgan fingerprint density at radius 3 is 2.51 bits per heavy atom. The van der Waals surface area contributed by atoms with Crippen molar-refractivity contribution in [2.24, 2.45) is 11.7 Å². The summed E-state index contributed by atoms with van der Waals surface area (Å²) in [6.07, 6.45) is 3.82. The topological polar surface area (TPSA) is 140 Å². The largest absolute Gasteiger partial charge is 0.476 e. The van der Waals surface area contributed by atoms with Crippen LogP contribution < -0.4 is 11.1 Å². The Bertz CT molecular complexity index is 1760. The number of nitrogens with one attached hydrogen (secondary N) is 1. The van der Waals surface area contributed by atoms with Crippen LogP contribution in [0.15, 0.2) is 54.7 Å². The van der Waals surface area contributed by atoms with Crippen molar-refractivity contribution >= 4 is 17.8 Å². The molecule has 1 saturated carbocycles. The van der Waals surface area contributed by atoms with E-state index in [1.54, 1.807) is 12.1 Å². The number of benzene rings is 2. The molecule has 2 aromatic carbocycles. The van der Waals surface area contributed by atoms with Crippen molar-refractivity contribution in [1.29, 1.82) is 0 Å². The van der Waals surface area contributed by atoms with Crippen LogP contribution in [-0.4, -0.2) is 37.7 Å². The number of pyridine rings is 1. The number of carbonyl (C=O) groups excluding carboxylic acids is 2. The van der Waals surface area contributed by atoms with Gasteiger partial charge >= 0.3 is 5.97 Å². The third kappa shape index (κ3) is 5.47. The van der Waals surface area contributed by atoms with Gasteiger partial charge in [0, 0.05) is 35.0 Å². The predicted octanol–water partition coefficient (Wildman–Crippen LogP) is 4.31. The smallest absolute Gasteiger partial charge is 0.356 e. The lowest BCUT2D eigenvalue weighted by molar-refractivity contribution is -0.122. The Kier molecular flexibility index (Phi) is 7.20. The van der Waals surface area contributed by atoms with Crippen molar-refractivity contribution in [2.75, 3.05) is 0 Å². The van der Waals surface area contributed by atoms with Crippen LogP contribution in [0.5, 0.6) is 0 Å². The Hall–Kier alpha value is -5.00. The number of carbonyl (C=O) groups is 3. The summed E-state index contributed by atoms with van der Waals surface area (Å²) < 4.78 is 43.9. The molecule has 43 heavy (non-hydrogen) atoms. The fourth-order valence-corrected chi connectivity index (χ4v) is 6.25. The number of aromatic nitrogens is 3. The number of rotatable bonds is 9. The first-order valence-corrected chi connectivity index (χ1v) is 13.7. The number of aromatic carboxylic acids is 1. The average molecular weight is 590 g/mol. The van der Waals surface area contributed by atoms with Gasteiger partial charge in [-0.2, -0.15) is 5.10 Å². The fourth-order valence-electron chi connectivity index (χ4n) is 6.25. The number of primary amides is 1. The maximum Gasteiger partial charge on any atom is 0.356 e.